The maximum atomic E-state index is 13.7. The molecule has 1 N–H and O–H groups in total. The summed E-state index contributed by atoms with van der Waals surface area (Å²) in [4.78, 5) is 13.7. The minimum atomic E-state index is -2.92. The molecule has 0 saturated heterocycles. The number of halogens is 2. The topological polar surface area (TPSA) is 55.8 Å². The van der Waals surface area contributed by atoms with Crippen molar-refractivity contribution in [1.82, 2.24) is 0 Å². The number of methoxy groups -OCH3 is 1. The number of rotatable bonds is 4. The summed E-state index contributed by atoms with van der Waals surface area (Å²) in [6.45, 7) is 1.69. The van der Waals surface area contributed by atoms with Crippen molar-refractivity contribution in [3.05, 3.63) is 29.3 Å². The largest absolute Gasteiger partial charge is 0.493 e. The fourth-order valence-corrected chi connectivity index (χ4v) is 8.20. The van der Waals surface area contributed by atoms with E-state index in [0.29, 0.717) is 23.7 Å². The van der Waals surface area contributed by atoms with Gasteiger partial charge in [-0.1, -0.05) is 19.9 Å². The fraction of sp³-hybridized carbons (Fsp3) is 0.679. The Kier molecular flexibility index (Phi) is 6.02. The molecule has 0 spiro atoms. The van der Waals surface area contributed by atoms with Crippen LogP contribution in [-0.2, 0) is 4.79 Å². The lowest BCUT2D eigenvalue weighted by Gasteiger charge is -2.59. The van der Waals surface area contributed by atoms with E-state index in [1.807, 2.05) is 6.08 Å². The Hall–Kier alpha value is -1.95. The molecule has 0 bridgehead atoms. The smallest absolute Gasteiger partial charge is 0.387 e. The molecule has 0 amide bonds. The van der Waals surface area contributed by atoms with E-state index in [-0.39, 0.29) is 34.2 Å². The molecule has 0 unspecified atom stereocenters. The summed E-state index contributed by atoms with van der Waals surface area (Å²) in [5.74, 6) is 2.57. The molecule has 4 saturated carbocycles. The summed E-state index contributed by atoms with van der Waals surface area (Å²) in [7, 11) is 1.42. The van der Waals surface area contributed by atoms with E-state index < -0.39 is 6.61 Å². The number of ketones is 1. The van der Waals surface area contributed by atoms with Crippen molar-refractivity contribution >= 4 is 11.9 Å². The van der Waals surface area contributed by atoms with Crippen molar-refractivity contribution in [2.75, 3.05) is 7.11 Å². The summed E-state index contributed by atoms with van der Waals surface area (Å²) in [6.07, 6.45) is 9.76. The van der Waals surface area contributed by atoms with E-state index in [1.54, 1.807) is 12.1 Å². The van der Waals surface area contributed by atoms with Crippen LogP contribution in [0.1, 0.15) is 70.8 Å². The maximum absolute atomic E-state index is 13.7. The number of aliphatic hydroxyl groups excluding tert-OH is 1. The van der Waals surface area contributed by atoms with E-state index >= 15 is 0 Å². The number of benzene rings is 1. The number of allylic oxidation sites excluding steroid dienone is 1. The van der Waals surface area contributed by atoms with Gasteiger partial charge in [0.1, 0.15) is 0 Å². The molecule has 0 heterocycles. The number of fused-ring (bicyclic) bond motifs is 5. The van der Waals surface area contributed by atoms with E-state index in [0.717, 1.165) is 62.5 Å². The first kappa shape index (κ1) is 23.8. The molecule has 7 atom stereocenters. The number of hydrogen-bond donors (Lipinski definition) is 1. The van der Waals surface area contributed by atoms with Gasteiger partial charge >= 0.3 is 6.61 Å². The molecule has 0 aromatic heterocycles. The molecule has 5 rings (SSSR count). The zero-order chi connectivity index (χ0) is 24.3. The fourth-order valence-electron chi connectivity index (χ4n) is 8.20. The molecular weight excluding hydrogens is 438 g/mol. The Balaban J connectivity index is 1.41. The van der Waals surface area contributed by atoms with Crippen molar-refractivity contribution < 1.29 is 28.2 Å². The van der Waals surface area contributed by atoms with Crippen LogP contribution < -0.4 is 9.47 Å². The van der Waals surface area contributed by atoms with Gasteiger partial charge in [0.15, 0.2) is 17.3 Å². The zero-order valence-electron chi connectivity index (χ0n) is 20.4. The average Bonchev–Trinajstić information content (AvgIpc) is 3.05. The van der Waals surface area contributed by atoms with Crippen LogP contribution in [0.15, 0.2) is 23.8 Å². The molecule has 4 aliphatic rings. The second-order valence-corrected chi connectivity index (χ2v) is 11.5. The molecule has 186 valence electrons. The number of carbonyl (C=O) groups excluding carboxylic acids is 1. The van der Waals surface area contributed by atoms with E-state index in [1.165, 1.54) is 13.2 Å². The van der Waals surface area contributed by atoms with Crippen molar-refractivity contribution in [3.63, 3.8) is 0 Å². The Morgan fingerprint density at radius 1 is 1.09 bits per heavy atom. The highest BCUT2D eigenvalue weighted by atomic mass is 19.3. The van der Waals surface area contributed by atoms with Gasteiger partial charge in [-0.2, -0.15) is 8.78 Å². The van der Waals surface area contributed by atoms with Gasteiger partial charge in [0, 0.05) is 5.41 Å². The predicted molar refractivity (Wildman–Crippen MR) is 126 cm³/mol. The number of ether oxygens (including phenoxy) is 2. The van der Waals surface area contributed by atoms with Gasteiger partial charge in [0.05, 0.1) is 13.2 Å². The zero-order valence-corrected chi connectivity index (χ0v) is 20.4. The molecular formula is C28H36F2O4. The predicted octanol–water partition coefficient (Wildman–Crippen LogP) is 6.26. The van der Waals surface area contributed by atoms with Crippen LogP contribution in [0.4, 0.5) is 8.78 Å². The van der Waals surface area contributed by atoms with Crippen LogP contribution >= 0.6 is 0 Å². The first-order valence-electron chi connectivity index (χ1n) is 12.7. The number of alkyl halides is 2. The quantitative estimate of drug-likeness (QED) is 0.523. The Morgan fingerprint density at radius 3 is 2.62 bits per heavy atom. The monoisotopic (exact) mass is 474 g/mol. The first-order valence-corrected chi connectivity index (χ1v) is 12.7. The van der Waals surface area contributed by atoms with E-state index in [9.17, 15) is 18.7 Å². The molecule has 4 aliphatic carbocycles. The Bertz CT molecular complexity index is 991. The van der Waals surface area contributed by atoms with Crippen molar-refractivity contribution in [1.29, 1.82) is 0 Å². The lowest BCUT2D eigenvalue weighted by molar-refractivity contribution is -0.141. The molecule has 4 fully saturated rings. The number of carbonyl (C=O) groups is 1. The van der Waals surface area contributed by atoms with Gasteiger partial charge in [0.2, 0.25) is 0 Å². The summed E-state index contributed by atoms with van der Waals surface area (Å²) >= 11 is 0. The Labute approximate surface area is 200 Å². The van der Waals surface area contributed by atoms with E-state index in [4.69, 9.17) is 4.74 Å². The molecule has 1 aromatic carbocycles. The highest BCUT2D eigenvalue weighted by Gasteiger charge is 2.61. The second kappa shape index (κ2) is 8.61. The third-order valence-electron chi connectivity index (χ3n) is 10.0. The van der Waals surface area contributed by atoms with E-state index in [2.05, 4.69) is 18.6 Å². The Morgan fingerprint density at radius 2 is 1.88 bits per heavy atom. The van der Waals surface area contributed by atoms with Gasteiger partial charge in [-0.3, -0.25) is 4.79 Å². The van der Waals surface area contributed by atoms with Gasteiger partial charge in [0.25, 0.3) is 0 Å². The average molecular weight is 475 g/mol. The molecule has 0 radical (unpaired) electrons. The summed E-state index contributed by atoms with van der Waals surface area (Å²) < 4.78 is 35.1. The maximum Gasteiger partial charge on any atom is 0.387 e. The van der Waals surface area contributed by atoms with Crippen molar-refractivity contribution in [2.45, 2.75) is 77.9 Å². The molecule has 34 heavy (non-hydrogen) atoms. The molecule has 0 aliphatic heterocycles. The lowest BCUT2D eigenvalue weighted by atomic mass is 9.45. The van der Waals surface area contributed by atoms with Gasteiger partial charge in [-0.25, -0.2) is 0 Å². The van der Waals surface area contributed by atoms with Gasteiger partial charge in [-0.05, 0) is 110 Å². The lowest BCUT2D eigenvalue weighted by Crippen LogP contribution is -2.54. The SMILES string of the molecule is COc1cc(/C=C2\C[C@H]3[C@@H]4CC[C@H]5C[C@H](O)CC[C@]5(C)[C@H]4CC[C@]3(C)C2=O)ccc1OC(F)F. The highest BCUT2D eigenvalue weighted by Crippen LogP contribution is 2.66. The molecule has 4 nitrogen and oxygen atoms in total. The molecule has 6 heteroatoms. The number of aliphatic hydroxyl groups is 1. The normalized spacial score (nSPS) is 40.6. The summed E-state index contributed by atoms with van der Waals surface area (Å²) in [6, 6.07) is 4.83. The number of Topliss-reactive ketones (excluding diaryl/α,β-unsaturated/α-hetero) is 1. The molecule has 1 aromatic rings. The van der Waals surface area contributed by atoms with Crippen molar-refractivity contribution in [3.8, 4) is 11.5 Å². The minimum absolute atomic E-state index is 0.0107. The third kappa shape index (κ3) is 3.77. The van der Waals surface area contributed by atoms with Crippen LogP contribution in [0.2, 0.25) is 0 Å². The minimum Gasteiger partial charge on any atom is -0.493 e. The van der Waals surface area contributed by atoms with Gasteiger partial charge < -0.3 is 14.6 Å². The van der Waals surface area contributed by atoms with Crippen LogP contribution in [-0.4, -0.2) is 30.7 Å². The van der Waals surface area contributed by atoms with Crippen LogP contribution in [0.25, 0.3) is 6.08 Å². The van der Waals surface area contributed by atoms with Crippen LogP contribution in [0.5, 0.6) is 11.5 Å². The highest BCUT2D eigenvalue weighted by molar-refractivity contribution is 6.06. The summed E-state index contributed by atoms with van der Waals surface area (Å²) in [5.41, 5.74) is 1.54. The second-order valence-electron chi connectivity index (χ2n) is 11.5. The number of hydrogen-bond acceptors (Lipinski definition) is 4. The van der Waals surface area contributed by atoms with Crippen LogP contribution in [0.3, 0.4) is 0 Å². The van der Waals surface area contributed by atoms with Crippen molar-refractivity contribution in [2.24, 2.45) is 34.5 Å². The van der Waals surface area contributed by atoms with Crippen LogP contribution in [0, 0.1) is 34.5 Å². The third-order valence-corrected chi connectivity index (χ3v) is 10.0. The van der Waals surface area contributed by atoms with Gasteiger partial charge in [-0.15, -0.1) is 0 Å². The summed E-state index contributed by atoms with van der Waals surface area (Å²) in [5, 5.41) is 10.3. The first-order chi connectivity index (χ1) is 16.2. The standard InChI is InChI=1S/C28H36F2O4/c1-27-10-8-19(31)15-18(27)5-6-20-21(27)9-11-28(2)22(20)14-17(25(28)32)12-16-4-7-23(34-26(29)30)24(13-16)33-3/h4,7,12-13,18-22,26,31H,5-6,8-11,14-15H2,1-3H3/b17-12+/t18-,19+,20+,21-,22-,27-,28-/m0/s1.